The molecule has 0 N–H and O–H groups in total. The van der Waals surface area contributed by atoms with E-state index in [-0.39, 0.29) is 20.4 Å². The number of fused-ring (bicyclic) bond motifs is 1. The number of benzene rings is 5. The van der Waals surface area contributed by atoms with Crippen LogP contribution in [0.2, 0.25) is 0 Å². The molecule has 1 aliphatic heterocycles. The van der Waals surface area contributed by atoms with Crippen molar-refractivity contribution in [3.63, 3.8) is 0 Å². The van der Waals surface area contributed by atoms with Gasteiger partial charge in [0.05, 0.1) is 11.5 Å². The Morgan fingerprint density at radius 3 is 1.39 bits per heavy atom. The monoisotopic (exact) mass is 891 g/mol. The number of nitrogens with zero attached hydrogens (tertiary/aromatic N) is 1. The van der Waals surface area contributed by atoms with Crippen LogP contribution in [0.3, 0.4) is 0 Å². The molecule has 0 amide bonds. The van der Waals surface area contributed by atoms with E-state index >= 15 is 0 Å². The molecule has 0 spiro atoms. The molecule has 1 saturated carbocycles. The average molecular weight is 892 g/mol. The van der Waals surface area contributed by atoms with Gasteiger partial charge in [-0.3, -0.25) is 0 Å². The van der Waals surface area contributed by atoms with Crippen LogP contribution in [-0.4, -0.2) is 25.5 Å². The predicted octanol–water partition coefficient (Wildman–Crippen LogP) is 12.1. The van der Waals surface area contributed by atoms with Gasteiger partial charge in [-0.05, 0) is 55.0 Å². The first kappa shape index (κ1) is 43.4. The Morgan fingerprint density at radius 1 is 0.630 bits per heavy atom. The van der Waals surface area contributed by atoms with Gasteiger partial charge in [0.25, 0.3) is 0 Å². The second-order valence-electron chi connectivity index (χ2n) is 12.3. The minimum absolute atomic E-state index is 0. The molecule has 0 atom stereocenters. The van der Waals surface area contributed by atoms with Crippen molar-refractivity contribution < 1.29 is 55.1 Å². The number of hydrogen-bond acceptors (Lipinski definition) is 3. The molecule has 1 aliphatic carbocycles. The smallest absolute Gasteiger partial charge is 0.530 e. The number of rotatable bonds is 8. The van der Waals surface area contributed by atoms with Crippen LogP contribution in [0.25, 0.3) is 0 Å². The second kappa shape index (κ2) is 19.0. The van der Waals surface area contributed by atoms with E-state index in [0.29, 0.717) is 19.3 Å². The van der Waals surface area contributed by atoms with Gasteiger partial charge in [0, 0.05) is 6.04 Å². The Kier molecular flexibility index (Phi) is 15.3. The zero-order chi connectivity index (χ0) is 37.8. The first-order chi connectivity index (χ1) is 25.2. The number of aliphatic imine (C=N–C) groups is 1. The van der Waals surface area contributed by atoms with Crippen molar-refractivity contribution in [3.8, 4) is 11.5 Å². The summed E-state index contributed by atoms with van der Waals surface area (Å²) in [5, 5.41) is 6.74. The number of ether oxygens (including phenoxy) is 2. The summed E-state index contributed by atoms with van der Waals surface area (Å²) in [5.41, 5.74) is 0.977. The van der Waals surface area contributed by atoms with Crippen molar-refractivity contribution >= 4 is 51.1 Å². The van der Waals surface area contributed by atoms with Crippen LogP contribution in [0.4, 0.5) is 25.2 Å². The molecule has 0 saturated heterocycles. The summed E-state index contributed by atoms with van der Waals surface area (Å²) < 4.78 is 70.2. The molecule has 3 nitrogen and oxygen atoms in total. The second-order valence-corrected chi connectivity index (χ2v) is 19.0. The van der Waals surface area contributed by atoms with E-state index in [9.17, 15) is 25.2 Å². The zero-order valence-electron chi connectivity index (χ0n) is 29.2. The van der Waals surface area contributed by atoms with Crippen LogP contribution in [-0.2, 0) is 20.4 Å². The summed E-state index contributed by atoms with van der Waals surface area (Å²) in [7, 11) is -12.0. The fourth-order valence-electron chi connectivity index (χ4n) is 5.80. The van der Waals surface area contributed by atoms with Gasteiger partial charge in [-0.25, -0.2) is 0 Å². The van der Waals surface area contributed by atoms with Crippen molar-refractivity contribution in [3.05, 3.63) is 157 Å². The maximum atomic E-state index is 9.87. The summed E-state index contributed by atoms with van der Waals surface area (Å²) in [5.74, 6) is 1.60. The molecule has 2 aliphatic rings. The molecule has 7 rings (SSSR count). The van der Waals surface area contributed by atoms with Gasteiger partial charge in [-0.2, -0.15) is 0 Å². The summed E-state index contributed by atoms with van der Waals surface area (Å²) in [4.78, 5) is 4.65. The average Bonchev–Trinajstić information content (AvgIpc) is 3.15. The molecular formula is C41H40F6NO2P3Pd. The largest absolute Gasteiger partial charge is 2.00 e. The summed E-state index contributed by atoms with van der Waals surface area (Å²) in [6.07, 6.45) is 8.36. The molecule has 54 heavy (non-hydrogen) atoms. The van der Waals surface area contributed by atoms with Crippen LogP contribution >= 0.6 is 23.7 Å². The van der Waals surface area contributed by atoms with Gasteiger partial charge in [0.15, 0.2) is 0 Å². The quantitative estimate of drug-likeness (QED) is 0.0511. The zero-order valence-corrected chi connectivity index (χ0v) is 33.4. The Balaban J connectivity index is 0.000000214. The van der Waals surface area contributed by atoms with Crippen LogP contribution < -0.4 is 30.7 Å². The maximum Gasteiger partial charge on any atom is 2.00 e. The first-order valence-corrected chi connectivity index (χ1v) is 21.8. The minimum atomic E-state index is -10.7. The van der Waals surface area contributed by atoms with E-state index in [0.717, 1.165) is 17.1 Å². The number of halogens is 6. The van der Waals surface area contributed by atoms with Crippen molar-refractivity contribution in [2.24, 2.45) is 4.99 Å². The van der Waals surface area contributed by atoms with E-state index < -0.39 is 23.7 Å². The van der Waals surface area contributed by atoms with E-state index in [2.05, 4.69) is 132 Å². The summed E-state index contributed by atoms with van der Waals surface area (Å²) in [6, 6.07) is 50.8. The predicted molar refractivity (Wildman–Crippen MR) is 212 cm³/mol. The fourth-order valence-corrected chi connectivity index (χ4v) is 11.7. The maximum absolute atomic E-state index is 10.7. The third-order valence-corrected chi connectivity index (χ3v) is 13.6. The SMILES string of the molecule is C=C(P(c1ccccc1)c1ccccc1)P(c1ccccc1)c1ccccc1.F[P-](F)(F)(F)(F)F.[Pd+2].[c-]1cc2c(cc1C=NC1CCCCC1)OCCO2. The molecule has 0 unspecified atom stereocenters. The Hall–Kier alpha value is -3.36. The molecule has 13 heteroatoms. The van der Waals surface area contributed by atoms with Gasteiger partial charge < -0.3 is 14.5 Å². The minimum Gasteiger partial charge on any atom is -0.530 e. The summed E-state index contributed by atoms with van der Waals surface area (Å²) in [6.45, 7) is 5.96. The third-order valence-electron chi connectivity index (χ3n) is 8.07. The Labute approximate surface area is 329 Å². The molecular weight excluding hydrogens is 852 g/mol. The van der Waals surface area contributed by atoms with Gasteiger partial charge in [0.2, 0.25) is 0 Å². The Morgan fingerprint density at radius 2 is 1.00 bits per heavy atom. The van der Waals surface area contributed by atoms with Crippen molar-refractivity contribution in [2.45, 2.75) is 38.1 Å². The van der Waals surface area contributed by atoms with Crippen LogP contribution in [0.5, 0.6) is 11.5 Å². The molecule has 288 valence electrons. The van der Waals surface area contributed by atoms with Crippen LogP contribution in [0, 0.1) is 6.07 Å². The standard InChI is InChI=1S/C26H22P2.C15H18NO2.F6P.Pd/c1-22(27(23-14-6-2-7-15-23)24-16-8-3-9-17-24)28(25-18-10-4-11-19-25)26-20-12-5-13-21-26;1-2-4-13(5-3-1)16-11-12-6-7-14-15(10-12)18-9-8-17-14;1-7(2,3,4,5)6;/h2-21H,1H2;7,10-11,13H,1-5,8-9H2;;/q;2*-1;+2. The normalized spacial score (nSPS) is 15.4. The fraction of sp³-hybridized carbons (Fsp3) is 0.195. The van der Waals surface area contributed by atoms with E-state index in [1.54, 1.807) is 0 Å². The van der Waals surface area contributed by atoms with Gasteiger partial charge in [-0.15, -0.1) is 17.7 Å². The first-order valence-electron chi connectivity index (χ1n) is 17.1. The molecule has 1 heterocycles. The van der Waals surface area contributed by atoms with E-state index in [1.807, 2.05) is 18.3 Å². The molecule has 0 bridgehead atoms. The molecule has 0 aromatic heterocycles. The Bertz CT molecular complexity index is 1760. The van der Waals surface area contributed by atoms with Gasteiger partial charge in [0.1, 0.15) is 13.2 Å². The molecule has 0 radical (unpaired) electrons. The van der Waals surface area contributed by atoms with Crippen molar-refractivity contribution in [1.29, 1.82) is 0 Å². The molecule has 1 fully saturated rings. The molecule has 5 aromatic rings. The van der Waals surface area contributed by atoms with Crippen molar-refractivity contribution in [2.75, 3.05) is 13.2 Å². The number of hydrogen-bond donors (Lipinski definition) is 0. The van der Waals surface area contributed by atoms with Gasteiger partial charge >= 0.3 is 53.4 Å². The molecule has 5 aromatic carbocycles. The van der Waals surface area contributed by atoms with Crippen LogP contribution in [0.15, 0.2) is 150 Å². The van der Waals surface area contributed by atoms with E-state index in [1.165, 1.54) is 58.4 Å². The van der Waals surface area contributed by atoms with Gasteiger partial charge in [-0.1, -0.05) is 159 Å². The van der Waals surface area contributed by atoms with Crippen LogP contribution in [0.1, 0.15) is 37.7 Å². The van der Waals surface area contributed by atoms with E-state index in [4.69, 9.17) is 16.1 Å². The summed E-state index contributed by atoms with van der Waals surface area (Å²) >= 11 is 0. The van der Waals surface area contributed by atoms with Crippen molar-refractivity contribution in [1.82, 2.24) is 0 Å². The topological polar surface area (TPSA) is 30.8 Å². The third kappa shape index (κ3) is 15.1.